The van der Waals surface area contributed by atoms with Crippen molar-refractivity contribution < 1.29 is 4.79 Å². The van der Waals surface area contributed by atoms with Gasteiger partial charge in [0.05, 0.1) is 22.2 Å². The zero-order chi connectivity index (χ0) is 18.8. The fourth-order valence-corrected chi connectivity index (χ4v) is 3.47. The quantitative estimate of drug-likeness (QED) is 0.352. The maximum atomic E-state index is 12.1. The summed E-state index contributed by atoms with van der Waals surface area (Å²) < 4.78 is 1.37. The Morgan fingerprint density at radius 3 is 2.78 bits per heavy atom. The van der Waals surface area contributed by atoms with Crippen molar-refractivity contribution in [2.45, 2.75) is 5.16 Å². The Bertz CT molecular complexity index is 1090. The van der Waals surface area contributed by atoms with Gasteiger partial charge in [-0.1, -0.05) is 53.7 Å². The van der Waals surface area contributed by atoms with Gasteiger partial charge >= 0.3 is 0 Å². The molecule has 0 aliphatic rings. The molecule has 4 aromatic rings. The second kappa shape index (κ2) is 7.34. The number of amides is 1. The van der Waals surface area contributed by atoms with Gasteiger partial charge in [0.1, 0.15) is 0 Å². The van der Waals surface area contributed by atoms with Crippen molar-refractivity contribution in [3.05, 3.63) is 59.6 Å². The average Bonchev–Trinajstić information content (AvgIpc) is 3.25. The summed E-state index contributed by atoms with van der Waals surface area (Å²) in [5.74, 6) is 6.55. The van der Waals surface area contributed by atoms with Crippen molar-refractivity contribution in [1.29, 1.82) is 0 Å². The molecule has 2 aromatic heterocycles. The monoisotopic (exact) mass is 398 g/mol. The maximum Gasteiger partial charge on any atom is 0.234 e. The van der Waals surface area contributed by atoms with Gasteiger partial charge in [0.15, 0.2) is 5.82 Å². The summed E-state index contributed by atoms with van der Waals surface area (Å²) in [7, 11) is 0. The highest BCUT2D eigenvalue weighted by atomic mass is 35.5. The number of H-pyrrole nitrogens is 1. The number of anilines is 1. The van der Waals surface area contributed by atoms with E-state index in [9.17, 15) is 4.79 Å². The highest BCUT2D eigenvalue weighted by Gasteiger charge is 2.16. The highest BCUT2D eigenvalue weighted by Crippen LogP contribution is 2.25. The number of carbonyl (C=O) groups is 1. The van der Waals surface area contributed by atoms with Gasteiger partial charge in [0, 0.05) is 10.9 Å². The molecule has 136 valence electrons. The van der Waals surface area contributed by atoms with Crippen LogP contribution in [0.25, 0.3) is 22.4 Å². The number of aromatic nitrogens is 4. The molecule has 0 fully saturated rings. The van der Waals surface area contributed by atoms with Gasteiger partial charge in [0.2, 0.25) is 11.1 Å². The molecule has 4 rings (SSSR count). The van der Waals surface area contributed by atoms with Gasteiger partial charge in [0.25, 0.3) is 0 Å². The van der Waals surface area contributed by atoms with Gasteiger partial charge in [-0.3, -0.25) is 4.79 Å². The van der Waals surface area contributed by atoms with E-state index in [1.54, 1.807) is 24.3 Å². The average molecular weight is 399 g/mol. The van der Waals surface area contributed by atoms with Gasteiger partial charge in [-0.2, -0.15) is 0 Å². The first-order valence-corrected chi connectivity index (χ1v) is 9.44. The number of benzene rings is 2. The lowest BCUT2D eigenvalue weighted by atomic mass is 10.2. The summed E-state index contributed by atoms with van der Waals surface area (Å²) in [4.78, 5) is 15.4. The molecule has 0 atom stereocenters. The summed E-state index contributed by atoms with van der Waals surface area (Å²) in [6.45, 7) is 0. The fraction of sp³-hybridized carbons (Fsp3) is 0.0556. The van der Waals surface area contributed by atoms with E-state index in [4.69, 9.17) is 17.4 Å². The van der Waals surface area contributed by atoms with Crippen LogP contribution in [0.2, 0.25) is 5.02 Å². The Labute approximate surface area is 163 Å². The third-order valence-corrected chi connectivity index (χ3v) is 5.19. The third-order valence-electron chi connectivity index (χ3n) is 3.92. The number of hydrogen-bond donors (Lipinski definition) is 3. The molecule has 1 amide bonds. The number of nitrogen functional groups attached to an aromatic ring is 1. The van der Waals surface area contributed by atoms with E-state index in [2.05, 4.69) is 20.5 Å². The predicted molar refractivity (Wildman–Crippen MR) is 108 cm³/mol. The molecule has 0 saturated carbocycles. The third kappa shape index (κ3) is 3.62. The molecular formula is C18H15ClN6OS. The number of fused-ring (bicyclic) bond motifs is 1. The van der Waals surface area contributed by atoms with E-state index >= 15 is 0 Å². The van der Waals surface area contributed by atoms with E-state index in [0.717, 1.165) is 16.6 Å². The van der Waals surface area contributed by atoms with Crippen molar-refractivity contribution in [1.82, 2.24) is 19.9 Å². The summed E-state index contributed by atoms with van der Waals surface area (Å²) in [5.41, 5.74) is 2.32. The van der Waals surface area contributed by atoms with Crippen molar-refractivity contribution in [2.75, 3.05) is 16.9 Å². The van der Waals surface area contributed by atoms with Crippen LogP contribution < -0.4 is 11.2 Å². The van der Waals surface area contributed by atoms with Crippen molar-refractivity contribution in [2.24, 2.45) is 0 Å². The minimum absolute atomic E-state index is 0.132. The minimum Gasteiger partial charge on any atom is -0.352 e. The topological polar surface area (TPSA) is 102 Å². The van der Waals surface area contributed by atoms with Crippen molar-refractivity contribution in [3.63, 3.8) is 0 Å². The predicted octanol–water partition coefficient (Wildman–Crippen LogP) is 3.52. The Balaban J connectivity index is 1.46. The Morgan fingerprint density at radius 1 is 1.19 bits per heavy atom. The van der Waals surface area contributed by atoms with Crippen LogP contribution in [0.15, 0.2) is 59.8 Å². The number of nitrogens with one attached hydrogen (secondary N) is 2. The number of halogens is 1. The number of para-hydroxylation sites is 2. The van der Waals surface area contributed by atoms with Crippen LogP contribution in [0.3, 0.4) is 0 Å². The number of nitrogens with two attached hydrogens (primary N) is 1. The molecule has 0 unspecified atom stereocenters. The molecule has 0 radical (unpaired) electrons. The number of rotatable bonds is 5. The molecule has 0 aliphatic carbocycles. The zero-order valence-corrected chi connectivity index (χ0v) is 15.6. The second-order valence-electron chi connectivity index (χ2n) is 5.76. The summed E-state index contributed by atoms with van der Waals surface area (Å²) >= 11 is 7.24. The first-order chi connectivity index (χ1) is 13.1. The number of carbonyl (C=O) groups excluding carboxylic acids is 1. The van der Waals surface area contributed by atoms with E-state index in [1.807, 2.05) is 30.3 Å². The van der Waals surface area contributed by atoms with E-state index in [0.29, 0.717) is 21.7 Å². The molecule has 9 heteroatoms. The van der Waals surface area contributed by atoms with Gasteiger partial charge in [-0.25, -0.2) is 4.68 Å². The van der Waals surface area contributed by atoms with Gasteiger partial charge in [-0.05, 0) is 24.3 Å². The standard InChI is InChI=1S/C18H15ClN6OS/c19-12-6-2-4-8-14(12)22-16(26)10-27-18-24-23-17(25(18)20)15-9-11-5-1-3-7-13(11)21-15/h1-9,21H,10,20H2,(H,22,26). The summed E-state index contributed by atoms with van der Waals surface area (Å²) in [6, 6.07) is 16.9. The molecule has 0 saturated heterocycles. The molecule has 0 aliphatic heterocycles. The van der Waals surface area contributed by atoms with Gasteiger partial charge < -0.3 is 16.1 Å². The summed E-state index contributed by atoms with van der Waals surface area (Å²) in [5, 5.41) is 13.0. The van der Waals surface area contributed by atoms with Crippen molar-refractivity contribution in [3.8, 4) is 11.5 Å². The van der Waals surface area contributed by atoms with Crippen LogP contribution in [0.4, 0.5) is 5.69 Å². The number of nitrogens with zero attached hydrogens (tertiary/aromatic N) is 3. The van der Waals surface area contributed by atoms with Crippen molar-refractivity contribution >= 4 is 45.9 Å². The highest BCUT2D eigenvalue weighted by molar-refractivity contribution is 7.99. The molecule has 2 aromatic carbocycles. The van der Waals surface area contributed by atoms with Crippen LogP contribution in [0, 0.1) is 0 Å². The number of aromatic amines is 1. The molecule has 7 nitrogen and oxygen atoms in total. The molecule has 2 heterocycles. The first kappa shape index (κ1) is 17.4. The lowest BCUT2D eigenvalue weighted by Gasteiger charge is -2.06. The van der Waals surface area contributed by atoms with Gasteiger partial charge in [-0.15, -0.1) is 10.2 Å². The Kier molecular flexibility index (Phi) is 4.74. The molecule has 0 bridgehead atoms. The lowest BCUT2D eigenvalue weighted by Crippen LogP contribution is -2.16. The first-order valence-electron chi connectivity index (χ1n) is 8.07. The number of thioether (sulfide) groups is 1. The zero-order valence-electron chi connectivity index (χ0n) is 14.0. The van der Waals surface area contributed by atoms with E-state index < -0.39 is 0 Å². The molecule has 27 heavy (non-hydrogen) atoms. The lowest BCUT2D eigenvalue weighted by molar-refractivity contribution is -0.113. The molecular weight excluding hydrogens is 384 g/mol. The van der Waals surface area contributed by atoms with E-state index in [-0.39, 0.29) is 11.7 Å². The van der Waals surface area contributed by atoms with Crippen LogP contribution in [0.1, 0.15) is 0 Å². The second-order valence-corrected chi connectivity index (χ2v) is 7.11. The SMILES string of the molecule is Nn1c(SCC(=O)Nc2ccccc2Cl)nnc1-c1cc2ccccc2[nH]1. The van der Waals surface area contributed by atoms with Crippen LogP contribution in [0.5, 0.6) is 0 Å². The maximum absolute atomic E-state index is 12.1. The Morgan fingerprint density at radius 2 is 1.96 bits per heavy atom. The van der Waals surface area contributed by atoms with Crippen LogP contribution in [-0.2, 0) is 4.79 Å². The molecule has 4 N–H and O–H groups in total. The Hall–Kier alpha value is -2.97. The van der Waals surface area contributed by atoms with Crippen LogP contribution in [-0.4, -0.2) is 31.5 Å². The fourth-order valence-electron chi connectivity index (χ4n) is 2.63. The van der Waals surface area contributed by atoms with Crippen LogP contribution >= 0.6 is 23.4 Å². The number of hydrogen-bond acceptors (Lipinski definition) is 5. The molecule has 0 spiro atoms. The summed E-state index contributed by atoms with van der Waals surface area (Å²) in [6.07, 6.45) is 0. The minimum atomic E-state index is -0.205. The smallest absolute Gasteiger partial charge is 0.234 e. The van der Waals surface area contributed by atoms with E-state index in [1.165, 1.54) is 16.4 Å². The largest absolute Gasteiger partial charge is 0.352 e. The normalized spacial score (nSPS) is 11.0.